The molecule has 0 spiro atoms. The maximum Gasteiger partial charge on any atom is 0.227 e. The van der Waals surface area contributed by atoms with Crippen molar-refractivity contribution in [3.05, 3.63) is 59.2 Å². The summed E-state index contributed by atoms with van der Waals surface area (Å²) < 4.78 is 0. The lowest BCUT2D eigenvalue weighted by Crippen LogP contribution is -2.34. The average molecular weight is 266 g/mol. The lowest BCUT2D eigenvalue weighted by atomic mass is 9.99. The molecule has 1 aliphatic rings. The fourth-order valence-corrected chi connectivity index (χ4v) is 2.71. The first kappa shape index (κ1) is 12.7. The molecular weight excluding hydrogens is 248 g/mol. The summed E-state index contributed by atoms with van der Waals surface area (Å²) in [6, 6.07) is 14.0. The van der Waals surface area contributed by atoms with E-state index in [1.165, 1.54) is 5.56 Å². The summed E-state index contributed by atoms with van der Waals surface area (Å²) in [6.07, 6.45) is 1.42. The van der Waals surface area contributed by atoms with E-state index in [-0.39, 0.29) is 5.91 Å². The van der Waals surface area contributed by atoms with Gasteiger partial charge in [-0.2, -0.15) is 0 Å². The van der Waals surface area contributed by atoms with Crippen molar-refractivity contribution in [2.75, 3.05) is 10.6 Å². The van der Waals surface area contributed by atoms with Crippen LogP contribution in [0.1, 0.15) is 23.1 Å². The van der Waals surface area contributed by atoms with Gasteiger partial charge in [0, 0.05) is 17.8 Å². The van der Waals surface area contributed by atoms with E-state index in [9.17, 15) is 4.79 Å². The van der Waals surface area contributed by atoms with Crippen molar-refractivity contribution in [3.63, 3.8) is 0 Å². The highest BCUT2D eigenvalue weighted by Crippen LogP contribution is 2.30. The van der Waals surface area contributed by atoms with E-state index >= 15 is 0 Å². The Balaban J connectivity index is 1.98. The van der Waals surface area contributed by atoms with E-state index in [4.69, 9.17) is 5.73 Å². The van der Waals surface area contributed by atoms with Crippen molar-refractivity contribution in [1.29, 1.82) is 0 Å². The predicted octanol–water partition coefficient (Wildman–Crippen LogP) is 3.06. The van der Waals surface area contributed by atoms with E-state index in [1.54, 1.807) is 0 Å². The Morgan fingerprint density at radius 1 is 1.10 bits per heavy atom. The molecule has 2 N–H and O–H groups in total. The summed E-state index contributed by atoms with van der Waals surface area (Å²) >= 11 is 0. The Morgan fingerprint density at radius 2 is 1.90 bits per heavy atom. The standard InChI is InChI=1S/C17H18N2O/c1-12-14(6-4-7-15(12)18)11-19-16-8-3-2-5-13(16)9-10-17(19)20/h2-8H,9-11,18H2,1H3. The molecule has 3 heteroatoms. The van der Waals surface area contributed by atoms with Crippen LogP contribution in [0.5, 0.6) is 0 Å². The van der Waals surface area contributed by atoms with Gasteiger partial charge in [0.15, 0.2) is 0 Å². The van der Waals surface area contributed by atoms with Crippen molar-refractivity contribution >= 4 is 17.3 Å². The summed E-state index contributed by atoms with van der Waals surface area (Å²) in [5.41, 5.74) is 11.2. The van der Waals surface area contributed by atoms with Gasteiger partial charge in [-0.25, -0.2) is 0 Å². The molecule has 0 radical (unpaired) electrons. The highest BCUT2D eigenvalue weighted by molar-refractivity contribution is 5.96. The summed E-state index contributed by atoms with van der Waals surface area (Å²) in [5.74, 6) is 0.186. The number of nitrogens with zero attached hydrogens (tertiary/aromatic N) is 1. The van der Waals surface area contributed by atoms with Crippen LogP contribution in [-0.4, -0.2) is 5.91 Å². The topological polar surface area (TPSA) is 46.3 Å². The third-order valence-corrected chi connectivity index (χ3v) is 4.01. The van der Waals surface area contributed by atoms with Gasteiger partial charge in [0.25, 0.3) is 0 Å². The SMILES string of the molecule is Cc1c(N)cccc1CN1C(=O)CCc2ccccc21. The molecule has 0 saturated heterocycles. The zero-order valence-corrected chi connectivity index (χ0v) is 11.6. The molecule has 0 atom stereocenters. The Bertz CT molecular complexity index is 664. The molecule has 2 aromatic rings. The largest absolute Gasteiger partial charge is 0.399 e. The maximum absolute atomic E-state index is 12.3. The van der Waals surface area contributed by atoms with Crippen LogP contribution in [0.25, 0.3) is 0 Å². The van der Waals surface area contributed by atoms with Crippen LogP contribution >= 0.6 is 0 Å². The number of amides is 1. The molecule has 2 aromatic carbocycles. The zero-order valence-electron chi connectivity index (χ0n) is 11.6. The number of rotatable bonds is 2. The first-order chi connectivity index (χ1) is 9.66. The van der Waals surface area contributed by atoms with E-state index in [0.717, 1.165) is 28.9 Å². The molecule has 0 fully saturated rings. The quantitative estimate of drug-likeness (QED) is 0.849. The predicted molar refractivity (Wildman–Crippen MR) is 81.5 cm³/mol. The zero-order chi connectivity index (χ0) is 14.1. The first-order valence-electron chi connectivity index (χ1n) is 6.89. The number of anilines is 2. The minimum absolute atomic E-state index is 0.186. The number of nitrogens with two attached hydrogens (primary N) is 1. The van der Waals surface area contributed by atoms with E-state index in [2.05, 4.69) is 6.07 Å². The Hall–Kier alpha value is -2.29. The number of carbonyl (C=O) groups excluding carboxylic acids is 1. The number of fused-ring (bicyclic) bond motifs is 1. The third-order valence-electron chi connectivity index (χ3n) is 4.01. The van der Waals surface area contributed by atoms with E-state index < -0.39 is 0 Å². The van der Waals surface area contributed by atoms with Crippen LogP contribution in [0, 0.1) is 6.92 Å². The Morgan fingerprint density at radius 3 is 2.75 bits per heavy atom. The van der Waals surface area contributed by atoms with Crippen LogP contribution in [-0.2, 0) is 17.8 Å². The monoisotopic (exact) mass is 266 g/mol. The number of carbonyl (C=O) groups is 1. The van der Waals surface area contributed by atoms with Gasteiger partial charge in [0.05, 0.1) is 6.54 Å². The minimum Gasteiger partial charge on any atom is -0.399 e. The summed E-state index contributed by atoms with van der Waals surface area (Å²) in [6.45, 7) is 2.59. The second-order valence-electron chi connectivity index (χ2n) is 5.24. The first-order valence-corrected chi connectivity index (χ1v) is 6.89. The van der Waals surface area contributed by atoms with Crippen molar-refractivity contribution in [2.45, 2.75) is 26.3 Å². The Kier molecular flexibility index (Phi) is 3.18. The van der Waals surface area contributed by atoms with Gasteiger partial charge in [-0.1, -0.05) is 30.3 Å². The highest BCUT2D eigenvalue weighted by Gasteiger charge is 2.24. The van der Waals surface area contributed by atoms with Crippen LogP contribution < -0.4 is 10.6 Å². The number of aryl methyl sites for hydroxylation is 1. The molecule has 0 bridgehead atoms. The molecule has 1 amide bonds. The van der Waals surface area contributed by atoms with Gasteiger partial charge in [-0.05, 0) is 42.2 Å². The molecule has 1 heterocycles. The second-order valence-corrected chi connectivity index (χ2v) is 5.24. The van der Waals surface area contributed by atoms with Gasteiger partial charge in [0.2, 0.25) is 5.91 Å². The number of hydrogen-bond acceptors (Lipinski definition) is 2. The van der Waals surface area contributed by atoms with Gasteiger partial charge in [-0.15, -0.1) is 0 Å². The molecule has 20 heavy (non-hydrogen) atoms. The van der Waals surface area contributed by atoms with Crippen LogP contribution in [0.15, 0.2) is 42.5 Å². The van der Waals surface area contributed by atoms with E-state index in [1.807, 2.05) is 48.2 Å². The molecule has 0 aliphatic carbocycles. The van der Waals surface area contributed by atoms with Gasteiger partial charge in [-0.3, -0.25) is 4.79 Å². The van der Waals surface area contributed by atoms with Crippen LogP contribution in [0.4, 0.5) is 11.4 Å². The second kappa shape index (κ2) is 5.00. The molecular formula is C17H18N2O. The molecule has 3 nitrogen and oxygen atoms in total. The summed E-state index contributed by atoms with van der Waals surface area (Å²) in [7, 11) is 0. The van der Waals surface area contributed by atoms with Crippen molar-refractivity contribution in [1.82, 2.24) is 0 Å². The average Bonchev–Trinajstić information content (AvgIpc) is 2.46. The fourth-order valence-electron chi connectivity index (χ4n) is 2.71. The van der Waals surface area contributed by atoms with Crippen molar-refractivity contribution in [3.8, 4) is 0 Å². The normalized spacial score (nSPS) is 14.2. The van der Waals surface area contributed by atoms with Gasteiger partial charge < -0.3 is 10.6 Å². The number of nitrogen functional groups attached to an aromatic ring is 1. The van der Waals surface area contributed by atoms with Crippen LogP contribution in [0.3, 0.4) is 0 Å². The smallest absolute Gasteiger partial charge is 0.227 e. The molecule has 1 aliphatic heterocycles. The molecule has 0 aromatic heterocycles. The third kappa shape index (κ3) is 2.16. The summed E-state index contributed by atoms with van der Waals surface area (Å²) in [5, 5.41) is 0. The number of benzene rings is 2. The number of hydrogen-bond donors (Lipinski definition) is 1. The molecule has 102 valence electrons. The van der Waals surface area contributed by atoms with Crippen molar-refractivity contribution in [2.24, 2.45) is 0 Å². The lowest BCUT2D eigenvalue weighted by Gasteiger charge is -2.30. The highest BCUT2D eigenvalue weighted by atomic mass is 16.2. The Labute approximate surface area is 119 Å². The van der Waals surface area contributed by atoms with E-state index in [0.29, 0.717) is 13.0 Å². The molecule has 3 rings (SSSR count). The molecule has 0 saturated carbocycles. The molecule has 0 unspecified atom stereocenters. The summed E-state index contributed by atoms with van der Waals surface area (Å²) in [4.78, 5) is 14.1. The minimum atomic E-state index is 0.186. The lowest BCUT2D eigenvalue weighted by molar-refractivity contribution is -0.119. The fraction of sp³-hybridized carbons (Fsp3) is 0.235. The van der Waals surface area contributed by atoms with Gasteiger partial charge in [0.1, 0.15) is 0 Å². The van der Waals surface area contributed by atoms with Gasteiger partial charge >= 0.3 is 0 Å². The van der Waals surface area contributed by atoms with Crippen LogP contribution in [0.2, 0.25) is 0 Å². The number of para-hydroxylation sites is 1. The maximum atomic E-state index is 12.3. The van der Waals surface area contributed by atoms with Crippen molar-refractivity contribution < 1.29 is 4.79 Å².